The molecule has 0 aliphatic heterocycles. The summed E-state index contributed by atoms with van der Waals surface area (Å²) in [7, 11) is -2.06. The Bertz CT molecular complexity index is 909. The number of benzene rings is 2. The summed E-state index contributed by atoms with van der Waals surface area (Å²) in [6.07, 6.45) is 1.66. The molecule has 0 radical (unpaired) electrons. The van der Waals surface area contributed by atoms with E-state index in [-0.39, 0.29) is 16.1 Å². The first-order valence-electron chi connectivity index (χ1n) is 8.38. The zero-order valence-corrected chi connectivity index (χ0v) is 15.9. The van der Waals surface area contributed by atoms with Crippen LogP contribution in [-0.4, -0.2) is 37.1 Å². The van der Waals surface area contributed by atoms with Crippen LogP contribution in [0.1, 0.15) is 30.1 Å². The number of sulfonamides is 1. The zero-order chi connectivity index (χ0) is 20.0. The molecule has 1 amide bonds. The van der Waals surface area contributed by atoms with E-state index in [1.54, 1.807) is 0 Å². The maximum Gasteiger partial charge on any atom is 0.269 e. The van der Waals surface area contributed by atoms with Crippen molar-refractivity contribution in [3.8, 4) is 0 Å². The maximum absolute atomic E-state index is 12.5. The van der Waals surface area contributed by atoms with E-state index in [1.165, 1.54) is 59.9 Å². The lowest BCUT2D eigenvalue weighted by Crippen LogP contribution is -2.28. The van der Waals surface area contributed by atoms with Crippen molar-refractivity contribution >= 4 is 27.3 Å². The molecule has 2 rings (SSSR count). The van der Waals surface area contributed by atoms with Gasteiger partial charge in [-0.2, -0.15) is 0 Å². The van der Waals surface area contributed by atoms with Gasteiger partial charge in [-0.05, 0) is 42.8 Å². The Hall–Kier alpha value is -2.78. The fourth-order valence-electron chi connectivity index (χ4n) is 2.33. The van der Waals surface area contributed by atoms with Crippen molar-refractivity contribution in [2.45, 2.75) is 24.7 Å². The van der Waals surface area contributed by atoms with Crippen molar-refractivity contribution < 1.29 is 18.1 Å². The average molecular weight is 391 g/mol. The highest BCUT2D eigenvalue weighted by Gasteiger charge is 2.20. The largest absolute Gasteiger partial charge is 0.322 e. The van der Waals surface area contributed by atoms with Crippen LogP contribution in [-0.2, 0) is 10.0 Å². The van der Waals surface area contributed by atoms with Gasteiger partial charge < -0.3 is 5.32 Å². The van der Waals surface area contributed by atoms with Gasteiger partial charge in [0.15, 0.2) is 0 Å². The fourth-order valence-corrected chi connectivity index (χ4v) is 3.54. The summed E-state index contributed by atoms with van der Waals surface area (Å²) in [5.41, 5.74) is 0.611. The molecule has 0 heterocycles. The molecule has 0 spiro atoms. The summed E-state index contributed by atoms with van der Waals surface area (Å²) >= 11 is 0. The normalized spacial score (nSPS) is 11.4. The Morgan fingerprint density at radius 2 is 1.70 bits per heavy atom. The number of carbonyl (C=O) groups excluding carboxylic acids is 1. The predicted molar refractivity (Wildman–Crippen MR) is 102 cm³/mol. The van der Waals surface area contributed by atoms with Gasteiger partial charge in [0.25, 0.3) is 11.6 Å². The van der Waals surface area contributed by atoms with E-state index in [4.69, 9.17) is 0 Å². The van der Waals surface area contributed by atoms with E-state index in [9.17, 15) is 23.3 Å². The van der Waals surface area contributed by atoms with Gasteiger partial charge in [0.1, 0.15) is 0 Å². The van der Waals surface area contributed by atoms with Gasteiger partial charge in [0.2, 0.25) is 10.0 Å². The predicted octanol–water partition coefficient (Wildman–Crippen LogP) is 3.27. The molecule has 2 aromatic rings. The second-order valence-corrected chi connectivity index (χ2v) is 8.01. The van der Waals surface area contributed by atoms with Crippen LogP contribution in [0, 0.1) is 10.1 Å². The van der Waals surface area contributed by atoms with E-state index in [1.807, 2.05) is 6.92 Å². The smallest absolute Gasteiger partial charge is 0.269 e. The number of amides is 1. The number of anilines is 1. The summed E-state index contributed by atoms with van der Waals surface area (Å²) in [6.45, 7) is 2.42. The van der Waals surface area contributed by atoms with E-state index in [0.717, 1.165) is 12.8 Å². The molecule has 2 aromatic carbocycles. The highest BCUT2D eigenvalue weighted by Crippen LogP contribution is 2.18. The van der Waals surface area contributed by atoms with Gasteiger partial charge in [-0.1, -0.05) is 13.3 Å². The van der Waals surface area contributed by atoms with Gasteiger partial charge in [0.05, 0.1) is 9.82 Å². The van der Waals surface area contributed by atoms with Gasteiger partial charge in [0, 0.05) is 37.0 Å². The van der Waals surface area contributed by atoms with Crippen LogP contribution in [0.2, 0.25) is 0 Å². The second kappa shape index (κ2) is 8.74. The summed E-state index contributed by atoms with van der Waals surface area (Å²) in [5, 5.41) is 13.3. The Morgan fingerprint density at radius 3 is 2.22 bits per heavy atom. The van der Waals surface area contributed by atoms with Gasteiger partial charge >= 0.3 is 0 Å². The fraction of sp³-hybridized carbons (Fsp3) is 0.278. The summed E-state index contributed by atoms with van der Waals surface area (Å²) in [4.78, 5) is 22.5. The lowest BCUT2D eigenvalue weighted by Gasteiger charge is -2.17. The lowest BCUT2D eigenvalue weighted by atomic mass is 10.2. The molecule has 0 atom stereocenters. The molecule has 9 heteroatoms. The molecule has 1 N–H and O–H groups in total. The first-order chi connectivity index (χ1) is 12.8. The summed E-state index contributed by atoms with van der Waals surface area (Å²) in [6, 6.07) is 11.1. The first kappa shape index (κ1) is 20.5. The Balaban J connectivity index is 2.09. The van der Waals surface area contributed by atoms with E-state index < -0.39 is 20.9 Å². The quantitative estimate of drug-likeness (QED) is 0.548. The topological polar surface area (TPSA) is 110 Å². The zero-order valence-electron chi connectivity index (χ0n) is 15.1. The molecule has 0 aromatic heterocycles. The minimum absolute atomic E-state index is 0.0743. The van der Waals surface area contributed by atoms with E-state index >= 15 is 0 Å². The number of unbranched alkanes of at least 4 members (excludes halogenated alkanes) is 1. The SMILES string of the molecule is CCCCN(C)S(=O)(=O)c1ccc(C(=O)Nc2ccc([N+](=O)[O-])cc2)cc1. The third kappa shape index (κ3) is 5.11. The number of hydrogen-bond acceptors (Lipinski definition) is 5. The van der Waals surface area contributed by atoms with Crippen molar-refractivity contribution in [3.05, 3.63) is 64.2 Å². The molecule has 144 valence electrons. The number of rotatable bonds is 8. The van der Waals surface area contributed by atoms with E-state index in [0.29, 0.717) is 12.2 Å². The van der Waals surface area contributed by atoms with Crippen molar-refractivity contribution in [1.29, 1.82) is 0 Å². The van der Waals surface area contributed by atoms with Crippen LogP contribution in [0.4, 0.5) is 11.4 Å². The van der Waals surface area contributed by atoms with Crippen LogP contribution in [0.25, 0.3) is 0 Å². The molecule has 0 fully saturated rings. The van der Waals surface area contributed by atoms with Crippen LogP contribution in [0.3, 0.4) is 0 Å². The second-order valence-electron chi connectivity index (χ2n) is 5.96. The highest BCUT2D eigenvalue weighted by atomic mass is 32.2. The number of carbonyl (C=O) groups is 1. The summed E-state index contributed by atoms with van der Waals surface area (Å²) < 4.78 is 26.2. The average Bonchev–Trinajstić information content (AvgIpc) is 2.66. The molecule has 0 aliphatic carbocycles. The molecule has 0 saturated heterocycles. The Labute approximate surface area is 158 Å². The van der Waals surface area contributed by atoms with Crippen molar-refractivity contribution in [2.24, 2.45) is 0 Å². The molecule has 0 unspecified atom stereocenters. The Kier molecular flexibility index (Phi) is 6.65. The third-order valence-electron chi connectivity index (χ3n) is 3.99. The first-order valence-corrected chi connectivity index (χ1v) is 9.82. The molecular weight excluding hydrogens is 370 g/mol. The molecule has 0 aliphatic rings. The van der Waals surface area contributed by atoms with Crippen LogP contribution in [0.5, 0.6) is 0 Å². The van der Waals surface area contributed by atoms with Gasteiger partial charge in [-0.15, -0.1) is 0 Å². The van der Waals surface area contributed by atoms with E-state index in [2.05, 4.69) is 5.32 Å². The highest BCUT2D eigenvalue weighted by molar-refractivity contribution is 7.89. The number of non-ortho nitro benzene ring substituents is 1. The van der Waals surface area contributed by atoms with Gasteiger partial charge in [-0.25, -0.2) is 12.7 Å². The molecule has 0 bridgehead atoms. The summed E-state index contributed by atoms with van der Waals surface area (Å²) in [5.74, 6) is -0.438. The van der Waals surface area contributed by atoms with Crippen molar-refractivity contribution in [2.75, 3.05) is 18.9 Å². The van der Waals surface area contributed by atoms with Gasteiger partial charge in [-0.3, -0.25) is 14.9 Å². The standard InChI is InChI=1S/C18H21N3O5S/c1-3-4-13-20(2)27(25,26)17-11-5-14(6-12-17)18(22)19-15-7-9-16(10-8-15)21(23)24/h5-12H,3-4,13H2,1-2H3,(H,19,22). The number of nitrogens with one attached hydrogen (secondary N) is 1. The number of nitro groups is 1. The Morgan fingerprint density at radius 1 is 1.11 bits per heavy atom. The van der Waals surface area contributed by atoms with Crippen LogP contribution in [0.15, 0.2) is 53.4 Å². The third-order valence-corrected chi connectivity index (χ3v) is 5.86. The lowest BCUT2D eigenvalue weighted by molar-refractivity contribution is -0.384. The number of nitro benzene ring substituents is 1. The van der Waals surface area contributed by atoms with Crippen molar-refractivity contribution in [3.63, 3.8) is 0 Å². The molecule has 27 heavy (non-hydrogen) atoms. The molecule has 8 nitrogen and oxygen atoms in total. The monoisotopic (exact) mass is 391 g/mol. The number of nitrogens with zero attached hydrogens (tertiary/aromatic N) is 2. The minimum Gasteiger partial charge on any atom is -0.322 e. The van der Waals surface area contributed by atoms with Crippen molar-refractivity contribution in [1.82, 2.24) is 4.31 Å². The molecular formula is C18H21N3O5S. The van der Waals surface area contributed by atoms with Crippen LogP contribution >= 0.6 is 0 Å². The maximum atomic E-state index is 12.5. The van der Waals surface area contributed by atoms with Crippen LogP contribution < -0.4 is 5.32 Å². The number of hydrogen-bond donors (Lipinski definition) is 1. The molecule has 0 saturated carbocycles. The minimum atomic E-state index is -3.59.